The highest BCUT2D eigenvalue weighted by atomic mass is 79.9. The molecule has 0 fully saturated rings. The molecular formula is C15H22Br2N2O3. The highest BCUT2D eigenvalue weighted by Crippen LogP contribution is 2.41. The Bertz CT molecular complexity index is 634. The summed E-state index contributed by atoms with van der Waals surface area (Å²) in [6.07, 6.45) is 1.76. The van der Waals surface area contributed by atoms with Crippen molar-refractivity contribution in [2.75, 3.05) is 6.61 Å². The molecule has 1 heterocycles. The summed E-state index contributed by atoms with van der Waals surface area (Å²) in [7, 11) is 0. The molecule has 0 radical (unpaired) electrons. The molecule has 22 heavy (non-hydrogen) atoms. The molecule has 0 aliphatic rings. The van der Waals surface area contributed by atoms with Crippen LogP contribution in [0.1, 0.15) is 39.2 Å². The first-order chi connectivity index (χ1) is 10.1. The van der Waals surface area contributed by atoms with Crippen LogP contribution in [0.4, 0.5) is 0 Å². The molecule has 124 valence electrons. The molecule has 0 aliphatic heterocycles. The summed E-state index contributed by atoms with van der Waals surface area (Å²) in [5.41, 5.74) is 1.30. The third-order valence-corrected chi connectivity index (χ3v) is 4.43. The van der Waals surface area contributed by atoms with E-state index in [-0.39, 0.29) is 6.61 Å². The number of aliphatic hydroxyl groups is 2. The van der Waals surface area contributed by atoms with E-state index in [1.54, 1.807) is 20.0 Å². The fraction of sp³-hybridized carbons (Fsp3) is 0.467. The van der Waals surface area contributed by atoms with Crippen molar-refractivity contribution in [3.8, 4) is 5.75 Å². The molecule has 2 aromatic rings. The molecule has 5 N–H and O–H groups in total. The van der Waals surface area contributed by atoms with Gasteiger partial charge in [0, 0.05) is 15.1 Å². The van der Waals surface area contributed by atoms with Crippen LogP contribution >= 0.6 is 31.9 Å². The molecule has 0 aliphatic carbocycles. The Balaban J connectivity index is 0.000000346. The summed E-state index contributed by atoms with van der Waals surface area (Å²) in [6, 6.07) is 2.04. The van der Waals surface area contributed by atoms with Gasteiger partial charge in [-0.1, -0.05) is 29.8 Å². The van der Waals surface area contributed by atoms with Crippen molar-refractivity contribution in [1.82, 2.24) is 4.98 Å². The Hall–Kier alpha value is -0.600. The second-order valence-corrected chi connectivity index (χ2v) is 7.55. The Morgan fingerprint density at radius 1 is 1.36 bits per heavy atom. The van der Waals surface area contributed by atoms with E-state index < -0.39 is 5.60 Å². The second kappa shape index (κ2) is 7.79. The van der Waals surface area contributed by atoms with Gasteiger partial charge in [-0.2, -0.15) is 5.90 Å². The topological polar surface area (TPSA) is 91.5 Å². The van der Waals surface area contributed by atoms with E-state index in [9.17, 15) is 0 Å². The van der Waals surface area contributed by atoms with E-state index in [1.807, 2.05) is 6.07 Å². The first kappa shape index (κ1) is 19.4. The fourth-order valence-electron chi connectivity index (χ4n) is 1.83. The van der Waals surface area contributed by atoms with Crippen LogP contribution in [0.2, 0.25) is 0 Å². The molecule has 5 nitrogen and oxygen atoms in total. The number of rotatable bonds is 3. The highest BCUT2D eigenvalue weighted by Gasteiger charge is 2.17. The molecule has 0 unspecified atom stereocenters. The fourth-order valence-corrected chi connectivity index (χ4v) is 4.06. The lowest BCUT2D eigenvalue weighted by molar-refractivity contribution is 0.0183. The van der Waals surface area contributed by atoms with Crippen LogP contribution in [0.3, 0.4) is 0 Å². The van der Waals surface area contributed by atoms with Crippen LogP contribution in [0.5, 0.6) is 5.75 Å². The van der Waals surface area contributed by atoms with Crippen molar-refractivity contribution in [2.45, 2.75) is 39.2 Å². The van der Waals surface area contributed by atoms with Crippen LogP contribution < -0.4 is 10.7 Å². The van der Waals surface area contributed by atoms with Crippen LogP contribution in [-0.4, -0.2) is 27.4 Å². The molecule has 7 heteroatoms. The van der Waals surface area contributed by atoms with Crippen molar-refractivity contribution >= 4 is 42.8 Å². The predicted molar refractivity (Wildman–Crippen MR) is 96.0 cm³/mol. The number of aromatic amines is 1. The van der Waals surface area contributed by atoms with E-state index >= 15 is 0 Å². The smallest absolute Gasteiger partial charge is 0.173 e. The van der Waals surface area contributed by atoms with Gasteiger partial charge in [0.1, 0.15) is 0 Å². The van der Waals surface area contributed by atoms with E-state index in [4.69, 9.17) is 20.9 Å². The molecule has 0 bridgehead atoms. The van der Waals surface area contributed by atoms with E-state index in [0.717, 1.165) is 19.8 Å². The number of hydrogen-bond donors (Lipinski definition) is 4. The average Bonchev–Trinajstić information content (AvgIpc) is 2.81. The van der Waals surface area contributed by atoms with Gasteiger partial charge < -0.3 is 20.0 Å². The van der Waals surface area contributed by atoms with Crippen LogP contribution in [0, 0.1) is 0 Å². The molecule has 0 saturated heterocycles. The summed E-state index contributed by atoms with van der Waals surface area (Å²) in [6.45, 7) is 7.21. The highest BCUT2D eigenvalue weighted by molar-refractivity contribution is 9.11. The summed E-state index contributed by atoms with van der Waals surface area (Å²) in [5.74, 6) is 6.30. The van der Waals surface area contributed by atoms with Crippen LogP contribution in [-0.2, 0) is 0 Å². The van der Waals surface area contributed by atoms with Crippen LogP contribution in [0.25, 0.3) is 10.9 Å². The lowest BCUT2D eigenvalue weighted by atomic mass is 10.0. The maximum Gasteiger partial charge on any atom is 0.173 e. The molecule has 0 amide bonds. The molecule has 0 atom stereocenters. The Morgan fingerprint density at radius 2 is 1.91 bits per heavy atom. The minimum absolute atomic E-state index is 0.174. The Labute approximate surface area is 147 Å². The summed E-state index contributed by atoms with van der Waals surface area (Å²) in [4.78, 5) is 7.97. The number of nitrogens with two attached hydrogens (primary N) is 1. The summed E-state index contributed by atoms with van der Waals surface area (Å²) < 4.78 is 2.10. The van der Waals surface area contributed by atoms with Crippen molar-refractivity contribution in [1.29, 1.82) is 0 Å². The molecule has 2 rings (SSSR count). The number of aliphatic hydroxyl groups excluding tert-OH is 1. The predicted octanol–water partition coefficient (Wildman–Crippen LogP) is 3.82. The molecule has 0 spiro atoms. The normalized spacial score (nSPS) is 11.5. The van der Waals surface area contributed by atoms with Crippen molar-refractivity contribution < 1.29 is 15.1 Å². The SMILES string of the molecule is CC(C)(O)CO.CC(C)c1c(Br)cc2[nH]cc(ON)c2c1Br. The monoisotopic (exact) mass is 436 g/mol. The molecule has 1 aromatic carbocycles. The maximum atomic E-state index is 8.58. The number of hydrogen-bond acceptors (Lipinski definition) is 4. The van der Waals surface area contributed by atoms with E-state index in [1.165, 1.54) is 5.56 Å². The number of benzene rings is 1. The zero-order chi connectivity index (χ0) is 17.1. The van der Waals surface area contributed by atoms with Gasteiger partial charge in [0.25, 0.3) is 0 Å². The van der Waals surface area contributed by atoms with Gasteiger partial charge in [-0.05, 0) is 47.3 Å². The van der Waals surface area contributed by atoms with Gasteiger partial charge in [0.05, 0.1) is 23.1 Å². The average molecular weight is 438 g/mol. The quantitative estimate of drug-likeness (QED) is 0.549. The maximum absolute atomic E-state index is 8.58. The Kier molecular flexibility index (Phi) is 6.88. The van der Waals surface area contributed by atoms with Gasteiger partial charge in [-0.25, -0.2) is 0 Å². The second-order valence-electron chi connectivity index (χ2n) is 5.90. The first-order valence-electron chi connectivity index (χ1n) is 6.81. The van der Waals surface area contributed by atoms with Gasteiger partial charge in [-0.3, -0.25) is 0 Å². The standard InChI is InChI=1S/C11H12Br2N2O.C4H10O2/c1-5(2)9-6(12)3-7-10(11(9)13)8(16-14)4-15-7;1-4(2,6)3-5/h3-5,15H,14H2,1-2H3;5-6H,3H2,1-2H3. The summed E-state index contributed by atoms with van der Waals surface area (Å²) in [5, 5.41) is 17.7. The van der Waals surface area contributed by atoms with E-state index in [2.05, 4.69) is 50.7 Å². The zero-order valence-electron chi connectivity index (χ0n) is 13.1. The summed E-state index contributed by atoms with van der Waals surface area (Å²) >= 11 is 7.20. The lowest BCUT2D eigenvalue weighted by Crippen LogP contribution is -2.23. The van der Waals surface area contributed by atoms with Gasteiger partial charge in [0.15, 0.2) is 5.75 Å². The van der Waals surface area contributed by atoms with Crippen LogP contribution in [0.15, 0.2) is 21.2 Å². The third-order valence-electron chi connectivity index (χ3n) is 2.95. The Morgan fingerprint density at radius 3 is 2.32 bits per heavy atom. The number of fused-ring (bicyclic) bond motifs is 1. The minimum Gasteiger partial charge on any atom is -0.409 e. The van der Waals surface area contributed by atoms with Crippen molar-refractivity contribution in [3.63, 3.8) is 0 Å². The van der Waals surface area contributed by atoms with Crippen molar-refractivity contribution in [2.24, 2.45) is 5.90 Å². The van der Waals surface area contributed by atoms with Gasteiger partial charge in [0.2, 0.25) is 0 Å². The molecular weight excluding hydrogens is 416 g/mol. The van der Waals surface area contributed by atoms with Gasteiger partial charge in [-0.15, -0.1) is 0 Å². The number of H-pyrrole nitrogens is 1. The minimum atomic E-state index is -0.903. The first-order valence-corrected chi connectivity index (χ1v) is 8.40. The lowest BCUT2D eigenvalue weighted by Gasteiger charge is -2.12. The van der Waals surface area contributed by atoms with Gasteiger partial charge >= 0.3 is 0 Å². The van der Waals surface area contributed by atoms with Crippen molar-refractivity contribution in [3.05, 3.63) is 26.8 Å². The molecule has 0 saturated carbocycles. The molecule has 1 aromatic heterocycles. The zero-order valence-corrected chi connectivity index (χ0v) is 16.2. The number of aromatic nitrogens is 1. The number of halogens is 2. The largest absolute Gasteiger partial charge is 0.409 e. The van der Waals surface area contributed by atoms with E-state index in [0.29, 0.717) is 11.7 Å². The number of nitrogens with one attached hydrogen (secondary N) is 1. The third kappa shape index (κ3) is 4.70.